The summed E-state index contributed by atoms with van der Waals surface area (Å²) in [6.07, 6.45) is 8.01. The zero-order chi connectivity index (χ0) is 13.8. The van der Waals surface area contributed by atoms with Crippen molar-refractivity contribution in [2.24, 2.45) is 5.73 Å². The molecular weight excluding hydrogens is 236 g/mol. The van der Waals surface area contributed by atoms with Crippen molar-refractivity contribution in [1.29, 1.82) is 0 Å². The van der Waals surface area contributed by atoms with Gasteiger partial charge in [-0.2, -0.15) is 5.10 Å². The SMILES string of the molecule is CCC(C)n1ccc(CN(C)C2CCC(N)CC2)n1. The van der Waals surface area contributed by atoms with Crippen LogP contribution in [0.4, 0.5) is 0 Å². The molecule has 0 spiro atoms. The van der Waals surface area contributed by atoms with Gasteiger partial charge < -0.3 is 5.73 Å². The standard InChI is InChI=1S/C15H28N4/c1-4-12(2)19-10-9-14(17-19)11-18(3)15-7-5-13(16)6-8-15/h9-10,12-13,15H,4-8,11,16H2,1-3H3. The van der Waals surface area contributed by atoms with Crippen LogP contribution in [0.5, 0.6) is 0 Å². The first-order chi connectivity index (χ1) is 9.10. The Morgan fingerprint density at radius 2 is 2.11 bits per heavy atom. The van der Waals surface area contributed by atoms with Crippen molar-refractivity contribution in [3.8, 4) is 0 Å². The highest BCUT2D eigenvalue weighted by atomic mass is 15.3. The van der Waals surface area contributed by atoms with E-state index >= 15 is 0 Å². The minimum Gasteiger partial charge on any atom is -0.328 e. The molecule has 1 saturated carbocycles. The molecule has 1 aromatic heterocycles. The first kappa shape index (κ1) is 14.5. The third-order valence-electron chi connectivity index (χ3n) is 4.48. The average molecular weight is 264 g/mol. The summed E-state index contributed by atoms with van der Waals surface area (Å²) in [4.78, 5) is 2.44. The van der Waals surface area contributed by atoms with Crippen molar-refractivity contribution in [2.45, 2.75) is 70.6 Å². The van der Waals surface area contributed by atoms with E-state index in [1.807, 2.05) is 0 Å². The molecule has 0 radical (unpaired) electrons. The van der Waals surface area contributed by atoms with Crippen molar-refractivity contribution in [2.75, 3.05) is 7.05 Å². The normalized spacial score (nSPS) is 25.7. The number of rotatable bonds is 5. The monoisotopic (exact) mass is 264 g/mol. The topological polar surface area (TPSA) is 47.1 Å². The lowest BCUT2D eigenvalue weighted by atomic mass is 9.91. The highest BCUT2D eigenvalue weighted by molar-refractivity contribution is 5.00. The highest BCUT2D eigenvalue weighted by Gasteiger charge is 2.22. The van der Waals surface area contributed by atoms with Gasteiger partial charge in [-0.3, -0.25) is 9.58 Å². The minimum atomic E-state index is 0.425. The molecule has 1 heterocycles. The third-order valence-corrected chi connectivity index (χ3v) is 4.48. The van der Waals surface area contributed by atoms with Gasteiger partial charge in [-0.15, -0.1) is 0 Å². The molecule has 0 amide bonds. The van der Waals surface area contributed by atoms with Gasteiger partial charge in [0.25, 0.3) is 0 Å². The van der Waals surface area contributed by atoms with Crippen molar-refractivity contribution in [3.63, 3.8) is 0 Å². The number of nitrogens with zero attached hydrogens (tertiary/aromatic N) is 3. The molecule has 0 aromatic carbocycles. The summed E-state index contributed by atoms with van der Waals surface area (Å²) in [5.74, 6) is 0. The van der Waals surface area contributed by atoms with Crippen LogP contribution in [0.1, 0.15) is 57.7 Å². The average Bonchev–Trinajstić information content (AvgIpc) is 2.87. The molecular formula is C15H28N4. The van der Waals surface area contributed by atoms with E-state index in [-0.39, 0.29) is 0 Å². The van der Waals surface area contributed by atoms with E-state index in [4.69, 9.17) is 5.73 Å². The second kappa shape index (κ2) is 6.53. The van der Waals surface area contributed by atoms with Gasteiger partial charge in [0.1, 0.15) is 0 Å². The summed E-state index contributed by atoms with van der Waals surface area (Å²) < 4.78 is 2.08. The predicted molar refractivity (Wildman–Crippen MR) is 78.9 cm³/mol. The summed E-state index contributed by atoms with van der Waals surface area (Å²) in [7, 11) is 2.21. The molecule has 1 unspecified atom stereocenters. The van der Waals surface area contributed by atoms with Crippen molar-refractivity contribution in [3.05, 3.63) is 18.0 Å². The Balaban J connectivity index is 1.88. The van der Waals surface area contributed by atoms with Crippen LogP contribution in [0.2, 0.25) is 0 Å². The lowest BCUT2D eigenvalue weighted by Crippen LogP contribution is -2.38. The Morgan fingerprint density at radius 3 is 2.74 bits per heavy atom. The zero-order valence-corrected chi connectivity index (χ0v) is 12.5. The predicted octanol–water partition coefficient (Wildman–Crippen LogP) is 2.56. The fourth-order valence-corrected chi connectivity index (χ4v) is 2.82. The van der Waals surface area contributed by atoms with Crippen LogP contribution < -0.4 is 5.73 Å². The summed E-state index contributed by atoms with van der Waals surface area (Å²) in [6, 6.07) is 3.74. The van der Waals surface area contributed by atoms with Gasteiger partial charge in [0.2, 0.25) is 0 Å². The zero-order valence-electron chi connectivity index (χ0n) is 12.5. The molecule has 1 aromatic rings. The fourth-order valence-electron chi connectivity index (χ4n) is 2.82. The Labute approximate surface area is 117 Å². The number of aromatic nitrogens is 2. The first-order valence-electron chi connectivity index (χ1n) is 7.60. The van der Waals surface area contributed by atoms with Crippen LogP contribution >= 0.6 is 0 Å². The van der Waals surface area contributed by atoms with Gasteiger partial charge in [0, 0.05) is 30.9 Å². The van der Waals surface area contributed by atoms with Crippen LogP contribution in [0.3, 0.4) is 0 Å². The van der Waals surface area contributed by atoms with E-state index in [0.717, 1.165) is 25.8 Å². The highest BCUT2D eigenvalue weighted by Crippen LogP contribution is 2.22. The summed E-state index contributed by atoms with van der Waals surface area (Å²) >= 11 is 0. The molecule has 1 aliphatic carbocycles. The van der Waals surface area contributed by atoms with Gasteiger partial charge in [0.15, 0.2) is 0 Å². The van der Waals surface area contributed by atoms with Crippen LogP contribution in [0.25, 0.3) is 0 Å². The van der Waals surface area contributed by atoms with E-state index in [0.29, 0.717) is 18.1 Å². The minimum absolute atomic E-state index is 0.425. The summed E-state index contributed by atoms with van der Waals surface area (Å²) in [6.45, 7) is 5.36. The van der Waals surface area contributed by atoms with Gasteiger partial charge in [-0.1, -0.05) is 6.92 Å². The van der Waals surface area contributed by atoms with Crippen molar-refractivity contribution < 1.29 is 0 Å². The Bertz CT molecular complexity index is 379. The van der Waals surface area contributed by atoms with E-state index < -0.39 is 0 Å². The van der Waals surface area contributed by atoms with Gasteiger partial charge in [0.05, 0.1) is 5.69 Å². The lowest BCUT2D eigenvalue weighted by molar-refractivity contribution is 0.174. The van der Waals surface area contributed by atoms with E-state index in [1.54, 1.807) is 0 Å². The molecule has 19 heavy (non-hydrogen) atoms. The second-order valence-corrected chi connectivity index (χ2v) is 6.03. The van der Waals surface area contributed by atoms with E-state index in [9.17, 15) is 0 Å². The summed E-state index contributed by atoms with van der Waals surface area (Å²) in [5, 5.41) is 4.68. The van der Waals surface area contributed by atoms with Gasteiger partial charge in [-0.25, -0.2) is 0 Å². The van der Waals surface area contributed by atoms with Crippen molar-refractivity contribution in [1.82, 2.24) is 14.7 Å². The molecule has 4 heteroatoms. The molecule has 108 valence electrons. The Hall–Kier alpha value is -0.870. The van der Waals surface area contributed by atoms with Crippen LogP contribution in [-0.2, 0) is 6.54 Å². The maximum Gasteiger partial charge on any atom is 0.0764 e. The van der Waals surface area contributed by atoms with Crippen LogP contribution in [-0.4, -0.2) is 33.8 Å². The molecule has 1 aliphatic rings. The fraction of sp³-hybridized carbons (Fsp3) is 0.800. The second-order valence-electron chi connectivity index (χ2n) is 6.03. The number of hydrogen-bond acceptors (Lipinski definition) is 3. The molecule has 2 N–H and O–H groups in total. The van der Waals surface area contributed by atoms with Crippen molar-refractivity contribution >= 4 is 0 Å². The number of hydrogen-bond donors (Lipinski definition) is 1. The molecule has 0 aliphatic heterocycles. The Kier molecular flexibility index (Phi) is 4.99. The molecule has 4 nitrogen and oxygen atoms in total. The van der Waals surface area contributed by atoms with Crippen LogP contribution in [0.15, 0.2) is 12.3 Å². The van der Waals surface area contributed by atoms with E-state index in [2.05, 4.69) is 47.8 Å². The third kappa shape index (κ3) is 3.80. The molecule has 2 rings (SSSR count). The molecule has 0 saturated heterocycles. The molecule has 1 fully saturated rings. The first-order valence-corrected chi connectivity index (χ1v) is 7.60. The largest absolute Gasteiger partial charge is 0.328 e. The maximum atomic E-state index is 5.97. The molecule has 1 atom stereocenters. The summed E-state index contributed by atoms with van der Waals surface area (Å²) in [5.41, 5.74) is 7.15. The quantitative estimate of drug-likeness (QED) is 0.889. The van der Waals surface area contributed by atoms with Crippen LogP contribution in [0, 0.1) is 0 Å². The number of nitrogens with two attached hydrogens (primary N) is 1. The lowest BCUT2D eigenvalue weighted by Gasteiger charge is -2.33. The molecule has 0 bridgehead atoms. The Morgan fingerprint density at radius 1 is 1.42 bits per heavy atom. The maximum absolute atomic E-state index is 5.97. The van der Waals surface area contributed by atoms with E-state index in [1.165, 1.54) is 18.5 Å². The van der Waals surface area contributed by atoms with Gasteiger partial charge >= 0.3 is 0 Å². The smallest absolute Gasteiger partial charge is 0.0764 e. The van der Waals surface area contributed by atoms with Gasteiger partial charge in [-0.05, 0) is 52.1 Å².